The number of aromatic nitrogens is 4. The Morgan fingerprint density at radius 3 is 2.59 bits per heavy atom. The molecule has 0 aliphatic rings. The first kappa shape index (κ1) is 20.5. The highest BCUT2D eigenvalue weighted by atomic mass is 16.2. The first-order valence-electron chi connectivity index (χ1n) is 9.01. The Bertz CT molecular complexity index is 912. The van der Waals surface area contributed by atoms with Crippen LogP contribution in [0.25, 0.3) is 11.0 Å². The van der Waals surface area contributed by atoms with Crippen LogP contribution in [0.3, 0.4) is 0 Å². The lowest BCUT2D eigenvalue weighted by molar-refractivity contribution is -0.128. The number of anilines is 1. The number of carbonyl (C=O) groups is 3. The number of Topliss-reactive ketones (excluding diaryl/α,β-unsaturated/α-hetero) is 2. The molecule has 0 bridgehead atoms. The lowest BCUT2D eigenvalue weighted by Crippen LogP contribution is -2.24. The van der Waals surface area contributed by atoms with Crippen LogP contribution < -0.4 is 10.9 Å². The number of rotatable bonds is 9. The maximum Gasteiger partial charge on any atom is 0.263 e. The number of aromatic amines is 1. The fourth-order valence-electron chi connectivity index (χ4n) is 2.75. The summed E-state index contributed by atoms with van der Waals surface area (Å²) in [5.41, 5.74) is -0.240. The molecule has 2 aromatic rings. The van der Waals surface area contributed by atoms with E-state index in [9.17, 15) is 19.2 Å². The number of H-pyrrole nitrogens is 1. The molecule has 2 heterocycles. The molecule has 0 saturated heterocycles. The van der Waals surface area contributed by atoms with Gasteiger partial charge in [0.2, 0.25) is 11.9 Å². The van der Waals surface area contributed by atoms with Crippen molar-refractivity contribution >= 4 is 34.5 Å². The molecule has 27 heavy (non-hydrogen) atoms. The van der Waals surface area contributed by atoms with Crippen molar-refractivity contribution in [2.24, 2.45) is 11.8 Å². The second-order valence-electron chi connectivity index (χ2n) is 6.96. The number of nitrogens with zero attached hydrogens (tertiary/aromatic N) is 3. The minimum Gasteiger partial charge on any atom is -0.300 e. The van der Waals surface area contributed by atoms with Crippen LogP contribution in [0.2, 0.25) is 0 Å². The van der Waals surface area contributed by atoms with Gasteiger partial charge in [0, 0.05) is 18.3 Å². The Balaban J connectivity index is 2.31. The first-order chi connectivity index (χ1) is 12.7. The smallest absolute Gasteiger partial charge is 0.263 e. The van der Waals surface area contributed by atoms with Crippen LogP contribution in [0.5, 0.6) is 0 Å². The van der Waals surface area contributed by atoms with Gasteiger partial charge in [-0.3, -0.25) is 24.7 Å². The number of hydrogen-bond acceptors (Lipinski definition) is 6. The summed E-state index contributed by atoms with van der Waals surface area (Å²) in [6, 6.07) is 0. The van der Waals surface area contributed by atoms with Gasteiger partial charge in [-0.2, -0.15) is 10.1 Å². The Labute approximate surface area is 156 Å². The number of amides is 1. The molecule has 1 amide bonds. The van der Waals surface area contributed by atoms with Crippen LogP contribution in [0.15, 0.2) is 11.0 Å². The van der Waals surface area contributed by atoms with Gasteiger partial charge in [-0.05, 0) is 13.3 Å². The van der Waals surface area contributed by atoms with Crippen molar-refractivity contribution in [3.8, 4) is 0 Å². The minimum atomic E-state index is -0.452. The summed E-state index contributed by atoms with van der Waals surface area (Å²) in [6.07, 6.45) is 2.92. The van der Waals surface area contributed by atoms with Crippen LogP contribution in [0.1, 0.15) is 47.0 Å². The second kappa shape index (κ2) is 8.70. The average Bonchev–Trinajstić information content (AvgIpc) is 2.97. The summed E-state index contributed by atoms with van der Waals surface area (Å²) < 4.78 is 1.33. The van der Waals surface area contributed by atoms with Gasteiger partial charge in [-0.1, -0.05) is 27.2 Å². The third-order valence-corrected chi connectivity index (χ3v) is 4.20. The predicted molar refractivity (Wildman–Crippen MR) is 100 cm³/mol. The lowest BCUT2D eigenvalue weighted by atomic mass is 9.93. The molecule has 9 nitrogen and oxygen atoms in total. The Morgan fingerprint density at radius 2 is 2.00 bits per heavy atom. The van der Waals surface area contributed by atoms with Gasteiger partial charge in [-0.15, -0.1) is 0 Å². The number of nitrogens with one attached hydrogen (secondary N) is 2. The highest BCUT2D eigenvalue weighted by molar-refractivity contribution is 5.91. The molecule has 146 valence electrons. The van der Waals surface area contributed by atoms with Gasteiger partial charge in [0.15, 0.2) is 11.4 Å². The maximum absolute atomic E-state index is 12.6. The van der Waals surface area contributed by atoms with Gasteiger partial charge in [0.1, 0.15) is 17.7 Å². The zero-order valence-corrected chi connectivity index (χ0v) is 16.0. The van der Waals surface area contributed by atoms with Gasteiger partial charge in [0.25, 0.3) is 5.56 Å². The maximum atomic E-state index is 12.6. The molecule has 0 aliphatic heterocycles. The van der Waals surface area contributed by atoms with Crippen molar-refractivity contribution in [1.29, 1.82) is 0 Å². The van der Waals surface area contributed by atoms with Crippen molar-refractivity contribution in [3.63, 3.8) is 0 Å². The zero-order valence-electron chi connectivity index (χ0n) is 16.0. The molecule has 0 radical (unpaired) electrons. The molecule has 2 aromatic heterocycles. The minimum absolute atomic E-state index is 0.00856. The van der Waals surface area contributed by atoms with Crippen LogP contribution in [-0.2, 0) is 20.9 Å². The third kappa shape index (κ3) is 5.08. The number of hydrogen-bond donors (Lipinski definition) is 2. The van der Waals surface area contributed by atoms with Crippen LogP contribution >= 0.6 is 0 Å². The van der Waals surface area contributed by atoms with Gasteiger partial charge in [-0.25, -0.2) is 4.68 Å². The van der Waals surface area contributed by atoms with Crippen molar-refractivity contribution < 1.29 is 14.4 Å². The molecule has 1 atom stereocenters. The van der Waals surface area contributed by atoms with E-state index in [1.165, 1.54) is 17.8 Å². The summed E-state index contributed by atoms with van der Waals surface area (Å²) in [6.45, 7) is 6.77. The standard InChI is InChI=1S/C18H25N5O4/c1-5-6-12(7-11(4)24)14(25)9-23-15-13(8-19-23)17(27)22-18(20-15)21-16(26)10(2)3/h8,10,12H,5-7,9H2,1-4H3,(H2,20,21,22,26,27). The number of ketones is 2. The van der Waals surface area contributed by atoms with Crippen molar-refractivity contribution in [2.45, 2.75) is 53.5 Å². The van der Waals surface area contributed by atoms with Gasteiger partial charge < -0.3 is 4.79 Å². The summed E-state index contributed by atoms with van der Waals surface area (Å²) in [5, 5.41) is 6.85. The molecule has 0 fully saturated rings. The first-order valence-corrected chi connectivity index (χ1v) is 9.01. The molecular formula is C18H25N5O4. The zero-order chi connectivity index (χ0) is 20.1. The van der Waals surface area contributed by atoms with E-state index in [0.717, 1.165) is 6.42 Å². The van der Waals surface area contributed by atoms with Gasteiger partial charge in [0.05, 0.1) is 6.20 Å². The van der Waals surface area contributed by atoms with Crippen LogP contribution in [-0.4, -0.2) is 37.2 Å². The van der Waals surface area contributed by atoms with E-state index in [1.807, 2.05) is 6.92 Å². The van der Waals surface area contributed by atoms with E-state index in [4.69, 9.17) is 0 Å². The number of fused-ring (bicyclic) bond motifs is 1. The molecule has 2 N–H and O–H groups in total. The van der Waals surface area contributed by atoms with Crippen molar-refractivity contribution in [2.75, 3.05) is 5.32 Å². The fourth-order valence-corrected chi connectivity index (χ4v) is 2.75. The molecule has 0 aliphatic carbocycles. The quantitative estimate of drug-likeness (QED) is 0.686. The summed E-state index contributed by atoms with van der Waals surface area (Å²) in [7, 11) is 0. The van der Waals surface area contributed by atoms with Gasteiger partial charge >= 0.3 is 0 Å². The normalized spacial score (nSPS) is 12.3. The van der Waals surface area contributed by atoms with E-state index in [0.29, 0.717) is 6.42 Å². The van der Waals surface area contributed by atoms with Crippen LogP contribution in [0.4, 0.5) is 5.95 Å². The molecule has 9 heteroatoms. The molecule has 0 aromatic carbocycles. The topological polar surface area (TPSA) is 127 Å². The number of carbonyl (C=O) groups excluding carboxylic acids is 3. The second-order valence-corrected chi connectivity index (χ2v) is 6.96. The SMILES string of the molecule is CCCC(CC(C)=O)C(=O)Cn1ncc2c(=O)[nH]c(NC(=O)C(C)C)nc21. The molecule has 0 saturated carbocycles. The Kier molecular flexibility index (Phi) is 6.59. The van der Waals surface area contributed by atoms with E-state index in [1.54, 1.807) is 13.8 Å². The lowest BCUT2D eigenvalue weighted by Gasteiger charge is -2.13. The van der Waals surface area contributed by atoms with Crippen molar-refractivity contribution in [1.82, 2.24) is 19.7 Å². The largest absolute Gasteiger partial charge is 0.300 e. The molecular weight excluding hydrogens is 350 g/mol. The predicted octanol–water partition coefficient (Wildman–Crippen LogP) is 1.68. The van der Waals surface area contributed by atoms with E-state index < -0.39 is 5.56 Å². The summed E-state index contributed by atoms with van der Waals surface area (Å²) >= 11 is 0. The summed E-state index contributed by atoms with van der Waals surface area (Å²) in [5.74, 6) is -1.11. The summed E-state index contributed by atoms with van der Waals surface area (Å²) in [4.78, 5) is 54.8. The highest BCUT2D eigenvalue weighted by Crippen LogP contribution is 2.16. The average molecular weight is 375 g/mol. The Morgan fingerprint density at radius 1 is 1.30 bits per heavy atom. The van der Waals surface area contributed by atoms with E-state index in [-0.39, 0.29) is 59.3 Å². The highest BCUT2D eigenvalue weighted by Gasteiger charge is 2.22. The third-order valence-electron chi connectivity index (χ3n) is 4.20. The molecule has 0 spiro atoms. The molecule has 2 rings (SSSR count). The van der Waals surface area contributed by atoms with Crippen molar-refractivity contribution in [3.05, 3.63) is 16.6 Å². The fraction of sp³-hybridized carbons (Fsp3) is 0.556. The monoisotopic (exact) mass is 375 g/mol. The van der Waals surface area contributed by atoms with Crippen LogP contribution in [0, 0.1) is 11.8 Å². The Hall–Kier alpha value is -2.84. The van der Waals surface area contributed by atoms with E-state index >= 15 is 0 Å². The molecule has 1 unspecified atom stereocenters. The van der Waals surface area contributed by atoms with E-state index in [2.05, 4.69) is 20.4 Å².